The van der Waals surface area contributed by atoms with Gasteiger partial charge < -0.3 is 10.6 Å². The molecule has 21 heavy (non-hydrogen) atoms. The summed E-state index contributed by atoms with van der Waals surface area (Å²) in [6.45, 7) is 7.66. The molecule has 2 aliphatic rings. The van der Waals surface area contributed by atoms with E-state index in [9.17, 15) is 4.79 Å². The van der Waals surface area contributed by atoms with Crippen molar-refractivity contribution < 1.29 is 4.79 Å². The number of hydrogen-bond donors (Lipinski definition) is 2. The highest BCUT2D eigenvalue weighted by atomic mass is 16.2. The maximum atomic E-state index is 12.0. The number of nitrogens with zero attached hydrogens (tertiary/aromatic N) is 1. The van der Waals surface area contributed by atoms with Gasteiger partial charge in [0.1, 0.15) is 0 Å². The van der Waals surface area contributed by atoms with Crippen LogP contribution in [0.15, 0.2) is 0 Å². The molecule has 0 aromatic carbocycles. The number of carbonyl (C=O) groups is 1. The van der Waals surface area contributed by atoms with Gasteiger partial charge in [0.15, 0.2) is 0 Å². The molecule has 4 heteroatoms. The lowest BCUT2D eigenvalue weighted by molar-refractivity contribution is 0.145. The normalized spacial score (nSPS) is 24.3. The zero-order chi connectivity index (χ0) is 15.1. The molecule has 1 aliphatic heterocycles. The Hall–Kier alpha value is -0.770. The van der Waals surface area contributed by atoms with Gasteiger partial charge in [0.25, 0.3) is 0 Å². The number of carbonyl (C=O) groups excluding carboxylic acids is 1. The van der Waals surface area contributed by atoms with Gasteiger partial charge in [-0.3, -0.25) is 4.90 Å². The second-order valence-electron chi connectivity index (χ2n) is 7.11. The first kappa shape index (κ1) is 16.6. The summed E-state index contributed by atoms with van der Waals surface area (Å²) in [5.41, 5.74) is 0. The van der Waals surface area contributed by atoms with Crippen molar-refractivity contribution in [1.82, 2.24) is 15.5 Å². The topological polar surface area (TPSA) is 44.4 Å². The summed E-state index contributed by atoms with van der Waals surface area (Å²) in [7, 11) is 0. The predicted octanol–water partition coefficient (Wildman–Crippen LogP) is 3.13. The quantitative estimate of drug-likeness (QED) is 0.783. The molecule has 1 saturated carbocycles. The molecule has 2 rings (SSSR count). The summed E-state index contributed by atoms with van der Waals surface area (Å²) >= 11 is 0. The molecule has 0 bridgehead atoms. The monoisotopic (exact) mass is 295 g/mol. The Morgan fingerprint density at radius 3 is 2.33 bits per heavy atom. The highest BCUT2D eigenvalue weighted by molar-refractivity contribution is 5.74. The minimum atomic E-state index is 0.0270. The first-order chi connectivity index (χ1) is 10.1. The lowest BCUT2D eigenvalue weighted by Crippen LogP contribution is -2.49. The minimum absolute atomic E-state index is 0.0270. The van der Waals surface area contributed by atoms with Crippen LogP contribution in [-0.2, 0) is 0 Å². The predicted molar refractivity (Wildman–Crippen MR) is 87.5 cm³/mol. The summed E-state index contributed by atoms with van der Waals surface area (Å²) in [5, 5.41) is 6.22. The number of likely N-dealkylation sites (tertiary alicyclic amines) is 1. The molecule has 2 amide bonds. The van der Waals surface area contributed by atoms with Crippen LogP contribution in [-0.4, -0.2) is 42.6 Å². The van der Waals surface area contributed by atoms with Gasteiger partial charge in [-0.15, -0.1) is 0 Å². The Labute approximate surface area is 130 Å². The third kappa shape index (κ3) is 5.85. The van der Waals surface area contributed by atoms with E-state index in [0.717, 1.165) is 25.3 Å². The number of rotatable bonds is 4. The maximum Gasteiger partial charge on any atom is 0.315 e. The zero-order valence-corrected chi connectivity index (χ0v) is 13.9. The number of piperidine rings is 1. The van der Waals surface area contributed by atoms with Crippen LogP contribution in [0.1, 0.15) is 65.2 Å². The van der Waals surface area contributed by atoms with Crippen LogP contribution in [0.25, 0.3) is 0 Å². The summed E-state index contributed by atoms with van der Waals surface area (Å²) < 4.78 is 0. The van der Waals surface area contributed by atoms with E-state index in [2.05, 4.69) is 29.4 Å². The molecule has 1 heterocycles. The molecule has 0 radical (unpaired) electrons. The van der Waals surface area contributed by atoms with Gasteiger partial charge in [0.2, 0.25) is 0 Å². The lowest BCUT2D eigenvalue weighted by Gasteiger charge is -2.35. The molecule has 1 atom stereocenters. The van der Waals surface area contributed by atoms with Crippen molar-refractivity contribution in [3.05, 3.63) is 0 Å². The lowest BCUT2D eigenvalue weighted by atomic mass is 9.98. The van der Waals surface area contributed by atoms with Crippen LogP contribution in [0.3, 0.4) is 0 Å². The summed E-state index contributed by atoms with van der Waals surface area (Å²) in [5.74, 6) is 0.861. The Morgan fingerprint density at radius 2 is 1.71 bits per heavy atom. The van der Waals surface area contributed by atoms with Crippen molar-refractivity contribution in [2.75, 3.05) is 19.6 Å². The molecular formula is C17H33N3O. The van der Waals surface area contributed by atoms with Gasteiger partial charge >= 0.3 is 6.03 Å². The van der Waals surface area contributed by atoms with E-state index < -0.39 is 0 Å². The van der Waals surface area contributed by atoms with Gasteiger partial charge in [-0.1, -0.05) is 32.6 Å². The molecular weight excluding hydrogens is 262 g/mol. The Morgan fingerprint density at radius 1 is 1.10 bits per heavy atom. The van der Waals surface area contributed by atoms with Crippen molar-refractivity contribution in [3.8, 4) is 0 Å². The van der Waals surface area contributed by atoms with Gasteiger partial charge in [0, 0.05) is 18.6 Å². The van der Waals surface area contributed by atoms with Crippen molar-refractivity contribution in [2.45, 2.75) is 77.3 Å². The van der Waals surface area contributed by atoms with Crippen LogP contribution >= 0.6 is 0 Å². The minimum Gasteiger partial charge on any atom is -0.337 e. The largest absolute Gasteiger partial charge is 0.337 e. The van der Waals surface area contributed by atoms with E-state index in [-0.39, 0.29) is 6.03 Å². The molecule has 0 unspecified atom stereocenters. The highest BCUT2D eigenvalue weighted by Crippen LogP contribution is 2.18. The van der Waals surface area contributed by atoms with E-state index in [4.69, 9.17) is 0 Å². The second kappa shape index (κ2) is 8.62. The van der Waals surface area contributed by atoms with Crippen LogP contribution in [0.2, 0.25) is 0 Å². The van der Waals surface area contributed by atoms with Crippen LogP contribution < -0.4 is 10.6 Å². The fraction of sp³-hybridized carbons (Fsp3) is 0.941. The second-order valence-corrected chi connectivity index (χ2v) is 7.11. The van der Waals surface area contributed by atoms with Gasteiger partial charge in [-0.05, 0) is 51.6 Å². The zero-order valence-electron chi connectivity index (χ0n) is 13.9. The summed E-state index contributed by atoms with van der Waals surface area (Å²) in [4.78, 5) is 14.5. The third-order valence-electron chi connectivity index (χ3n) is 5.19. The van der Waals surface area contributed by atoms with Gasteiger partial charge in [0.05, 0.1) is 0 Å². The first-order valence-corrected chi connectivity index (χ1v) is 8.93. The van der Waals surface area contributed by atoms with Crippen LogP contribution in [0.4, 0.5) is 4.79 Å². The fourth-order valence-electron chi connectivity index (χ4n) is 3.50. The smallest absolute Gasteiger partial charge is 0.315 e. The van der Waals surface area contributed by atoms with E-state index in [0.29, 0.717) is 12.1 Å². The Bertz CT molecular complexity index is 305. The average Bonchev–Trinajstić information content (AvgIpc) is 2.74. The van der Waals surface area contributed by atoms with E-state index in [1.165, 1.54) is 51.6 Å². The van der Waals surface area contributed by atoms with Crippen molar-refractivity contribution in [2.24, 2.45) is 5.92 Å². The van der Waals surface area contributed by atoms with Gasteiger partial charge in [-0.25, -0.2) is 4.79 Å². The number of urea groups is 1. The number of nitrogens with one attached hydrogen (secondary N) is 2. The molecule has 1 saturated heterocycles. The first-order valence-electron chi connectivity index (χ1n) is 8.93. The van der Waals surface area contributed by atoms with E-state index in [1.807, 2.05) is 0 Å². The molecule has 0 aromatic heterocycles. The molecule has 4 nitrogen and oxygen atoms in total. The molecule has 0 spiro atoms. The number of amides is 2. The van der Waals surface area contributed by atoms with Crippen molar-refractivity contribution in [3.63, 3.8) is 0 Å². The Balaban J connectivity index is 1.63. The number of hydrogen-bond acceptors (Lipinski definition) is 2. The molecule has 2 fully saturated rings. The van der Waals surface area contributed by atoms with E-state index in [1.54, 1.807) is 0 Å². The Kier molecular flexibility index (Phi) is 6.81. The fourth-order valence-corrected chi connectivity index (χ4v) is 3.50. The van der Waals surface area contributed by atoms with Crippen LogP contribution in [0, 0.1) is 5.92 Å². The van der Waals surface area contributed by atoms with E-state index >= 15 is 0 Å². The summed E-state index contributed by atoms with van der Waals surface area (Å²) in [6, 6.07) is 0.857. The molecule has 2 N–H and O–H groups in total. The van der Waals surface area contributed by atoms with Crippen LogP contribution in [0.5, 0.6) is 0 Å². The third-order valence-corrected chi connectivity index (χ3v) is 5.19. The molecule has 0 aromatic rings. The van der Waals surface area contributed by atoms with Gasteiger partial charge in [-0.2, -0.15) is 0 Å². The SMILES string of the molecule is CC1CCN([C@@H](C)CNC(=O)NC2CCCCCC2)CC1. The highest BCUT2D eigenvalue weighted by Gasteiger charge is 2.21. The maximum absolute atomic E-state index is 12.0. The molecule has 1 aliphatic carbocycles. The summed E-state index contributed by atoms with van der Waals surface area (Å²) in [6.07, 6.45) is 10.0. The standard InChI is InChI=1S/C17H33N3O/c1-14-9-11-20(12-10-14)15(2)13-18-17(21)19-16-7-5-3-4-6-8-16/h14-16H,3-13H2,1-2H3,(H2,18,19,21)/t15-/m0/s1. The average molecular weight is 295 g/mol. The molecule has 122 valence electrons. The van der Waals surface area contributed by atoms with Crippen molar-refractivity contribution >= 4 is 6.03 Å². The van der Waals surface area contributed by atoms with Crippen molar-refractivity contribution in [1.29, 1.82) is 0 Å².